The molecular formula is C28H29N5O3. The summed E-state index contributed by atoms with van der Waals surface area (Å²) in [4.78, 5) is 15.8. The lowest BCUT2D eigenvalue weighted by Gasteiger charge is -2.29. The molecule has 3 heterocycles. The van der Waals surface area contributed by atoms with Gasteiger partial charge in [0.1, 0.15) is 18.2 Å². The Bertz CT molecular complexity index is 1420. The highest BCUT2D eigenvalue weighted by Gasteiger charge is 2.24. The predicted octanol–water partition coefficient (Wildman–Crippen LogP) is 4.15. The molecule has 0 radical (unpaired) electrons. The minimum atomic E-state index is -1.03. The van der Waals surface area contributed by atoms with Gasteiger partial charge in [-0.1, -0.05) is 6.58 Å². The van der Waals surface area contributed by atoms with E-state index in [9.17, 15) is 5.11 Å². The normalized spacial score (nSPS) is 15.2. The molecule has 1 aliphatic rings. The fraction of sp³-hybridized carbons (Fsp3) is 0.250. The highest BCUT2D eigenvalue weighted by atomic mass is 16.5. The van der Waals surface area contributed by atoms with E-state index >= 15 is 0 Å². The molecule has 8 nitrogen and oxygen atoms in total. The summed E-state index contributed by atoms with van der Waals surface area (Å²) in [5.74, 6) is 0.560. The third-order valence-electron chi connectivity index (χ3n) is 6.49. The Morgan fingerprint density at radius 1 is 1.17 bits per heavy atom. The largest absolute Gasteiger partial charge is 0.496 e. The van der Waals surface area contributed by atoms with Gasteiger partial charge in [0.25, 0.3) is 0 Å². The molecule has 36 heavy (non-hydrogen) atoms. The fourth-order valence-electron chi connectivity index (χ4n) is 4.64. The maximum absolute atomic E-state index is 11.5. The van der Waals surface area contributed by atoms with Crippen molar-refractivity contribution in [2.24, 2.45) is 12.0 Å². The highest BCUT2D eigenvalue weighted by Crippen LogP contribution is 2.35. The first-order valence-electron chi connectivity index (χ1n) is 11.8. The van der Waals surface area contributed by atoms with Crippen molar-refractivity contribution >= 4 is 22.3 Å². The molecular weight excluding hydrogens is 454 g/mol. The van der Waals surface area contributed by atoms with E-state index in [-0.39, 0.29) is 0 Å². The number of benzene rings is 2. The number of ether oxygens (including phenoxy) is 2. The molecule has 1 atom stereocenters. The first kappa shape index (κ1) is 23.7. The van der Waals surface area contributed by atoms with Crippen LogP contribution < -0.4 is 9.64 Å². The van der Waals surface area contributed by atoms with Gasteiger partial charge in [0.15, 0.2) is 0 Å². The van der Waals surface area contributed by atoms with Crippen LogP contribution in [-0.4, -0.2) is 58.8 Å². The summed E-state index contributed by atoms with van der Waals surface area (Å²) in [6.07, 6.45) is 3.89. The minimum Gasteiger partial charge on any atom is -0.496 e. The van der Waals surface area contributed by atoms with Crippen LogP contribution in [0.5, 0.6) is 5.75 Å². The Labute approximate surface area is 210 Å². The minimum absolute atomic E-state index is 0.482. The van der Waals surface area contributed by atoms with Crippen LogP contribution >= 0.6 is 0 Å². The lowest BCUT2D eigenvalue weighted by molar-refractivity contribution is 0.122. The Morgan fingerprint density at radius 2 is 2.00 bits per heavy atom. The number of hydrogen-bond donors (Lipinski definition) is 1. The summed E-state index contributed by atoms with van der Waals surface area (Å²) in [7, 11) is 3.50. The predicted molar refractivity (Wildman–Crippen MR) is 142 cm³/mol. The smallest absolute Gasteiger partial charge is 0.127 e. The van der Waals surface area contributed by atoms with Crippen LogP contribution in [0.4, 0.5) is 5.69 Å². The monoisotopic (exact) mass is 483 g/mol. The second kappa shape index (κ2) is 10.3. The number of fused-ring (bicyclic) bond motifs is 1. The van der Waals surface area contributed by atoms with E-state index in [0.717, 1.165) is 59.8 Å². The van der Waals surface area contributed by atoms with Gasteiger partial charge in [0, 0.05) is 54.7 Å². The molecule has 1 fully saturated rings. The third-order valence-corrected chi connectivity index (χ3v) is 6.49. The summed E-state index contributed by atoms with van der Waals surface area (Å²) in [6.45, 7) is 6.90. The van der Waals surface area contributed by atoms with E-state index < -0.39 is 6.10 Å². The lowest BCUT2D eigenvalue weighted by Crippen LogP contribution is -2.36. The van der Waals surface area contributed by atoms with Gasteiger partial charge in [-0.15, -0.1) is 0 Å². The number of rotatable bonds is 7. The molecule has 0 saturated carbocycles. The number of hydrogen-bond acceptors (Lipinski definition) is 7. The van der Waals surface area contributed by atoms with Crippen LogP contribution in [0.2, 0.25) is 0 Å². The Hall–Kier alpha value is -4.01. The topological polar surface area (TPSA) is 85.0 Å². The quantitative estimate of drug-likeness (QED) is 0.398. The molecule has 2 aromatic heterocycles. The van der Waals surface area contributed by atoms with Gasteiger partial charge < -0.3 is 24.0 Å². The van der Waals surface area contributed by atoms with E-state index in [2.05, 4.69) is 44.6 Å². The number of aromatic nitrogens is 3. The number of methoxy groups -OCH3 is 1. The van der Waals surface area contributed by atoms with Crippen molar-refractivity contribution in [3.63, 3.8) is 0 Å². The van der Waals surface area contributed by atoms with Crippen LogP contribution in [-0.2, 0) is 11.8 Å². The SMILES string of the molecule is C=C/N=C(\c1cccn1C)C(O)c1cc(-c2ncnc3cc(N4CCOCC4)ccc23)ccc1OC. The molecule has 1 N–H and O–H groups in total. The number of aryl methyl sites for hydroxylation is 1. The molecule has 0 aliphatic carbocycles. The van der Waals surface area contributed by atoms with Crippen molar-refractivity contribution < 1.29 is 14.6 Å². The van der Waals surface area contributed by atoms with Crippen molar-refractivity contribution in [3.8, 4) is 17.0 Å². The van der Waals surface area contributed by atoms with E-state index in [1.54, 1.807) is 13.4 Å². The second-order valence-electron chi connectivity index (χ2n) is 8.58. The number of aliphatic hydroxyl groups is 1. The Morgan fingerprint density at radius 3 is 2.72 bits per heavy atom. The number of nitrogens with zero attached hydrogens (tertiary/aromatic N) is 5. The molecule has 0 spiro atoms. The zero-order chi connectivity index (χ0) is 25.1. The van der Waals surface area contributed by atoms with Gasteiger partial charge >= 0.3 is 0 Å². The van der Waals surface area contributed by atoms with Crippen LogP contribution in [0.25, 0.3) is 22.2 Å². The van der Waals surface area contributed by atoms with E-state index in [0.29, 0.717) is 17.0 Å². The van der Waals surface area contributed by atoms with Crippen molar-refractivity contribution in [2.75, 3.05) is 38.3 Å². The fourth-order valence-corrected chi connectivity index (χ4v) is 4.64. The maximum atomic E-state index is 11.5. The maximum Gasteiger partial charge on any atom is 0.127 e. The molecule has 184 valence electrons. The molecule has 1 aliphatic heterocycles. The number of aliphatic imine (C=N–C) groups is 1. The standard InChI is InChI=1S/C28H29N5O3/c1-4-29-27(24-6-5-11-32(24)2)28(34)22-16-19(7-10-25(22)35-3)26-21-9-8-20(17-23(21)30-18-31-26)33-12-14-36-15-13-33/h4-11,16-18,28,34H,1,12-15H2,2-3H3/b29-27+. The molecule has 0 bridgehead atoms. The first-order chi connectivity index (χ1) is 17.6. The van der Waals surface area contributed by atoms with Crippen LogP contribution in [0.15, 0.2) is 78.8 Å². The van der Waals surface area contributed by atoms with E-state index in [1.165, 1.54) is 6.20 Å². The molecule has 4 aromatic rings. The van der Waals surface area contributed by atoms with Gasteiger partial charge in [-0.2, -0.15) is 0 Å². The highest BCUT2D eigenvalue weighted by molar-refractivity contribution is 6.04. The molecule has 5 rings (SSSR count). The summed E-state index contributed by atoms with van der Waals surface area (Å²) >= 11 is 0. The summed E-state index contributed by atoms with van der Waals surface area (Å²) < 4.78 is 13.0. The summed E-state index contributed by atoms with van der Waals surface area (Å²) in [5, 5.41) is 12.4. The van der Waals surface area contributed by atoms with Crippen LogP contribution in [0.1, 0.15) is 17.4 Å². The summed E-state index contributed by atoms with van der Waals surface area (Å²) in [5.41, 5.74) is 5.47. The zero-order valence-electron chi connectivity index (χ0n) is 20.5. The van der Waals surface area contributed by atoms with E-state index in [4.69, 9.17) is 9.47 Å². The first-order valence-corrected chi connectivity index (χ1v) is 11.8. The summed E-state index contributed by atoms with van der Waals surface area (Å²) in [6, 6.07) is 15.8. The van der Waals surface area contributed by atoms with Crippen molar-refractivity contribution in [2.45, 2.75) is 6.10 Å². The van der Waals surface area contributed by atoms with E-state index in [1.807, 2.05) is 48.1 Å². The molecule has 0 amide bonds. The molecule has 8 heteroatoms. The van der Waals surface area contributed by atoms with Gasteiger partial charge in [0.2, 0.25) is 0 Å². The Kier molecular flexibility index (Phi) is 6.79. The molecule has 1 saturated heterocycles. The van der Waals surface area contributed by atoms with Gasteiger partial charge in [-0.25, -0.2) is 9.97 Å². The van der Waals surface area contributed by atoms with Gasteiger partial charge in [-0.3, -0.25) is 4.99 Å². The molecule has 1 unspecified atom stereocenters. The number of anilines is 1. The lowest BCUT2D eigenvalue weighted by atomic mass is 9.97. The van der Waals surface area contributed by atoms with Crippen molar-refractivity contribution in [1.29, 1.82) is 0 Å². The third kappa shape index (κ3) is 4.48. The van der Waals surface area contributed by atoms with Crippen molar-refractivity contribution in [1.82, 2.24) is 14.5 Å². The average molecular weight is 484 g/mol. The zero-order valence-corrected chi connectivity index (χ0v) is 20.5. The number of aliphatic hydroxyl groups excluding tert-OH is 1. The average Bonchev–Trinajstić information content (AvgIpc) is 3.36. The van der Waals surface area contributed by atoms with Gasteiger partial charge in [0.05, 0.1) is 42.9 Å². The second-order valence-corrected chi connectivity index (χ2v) is 8.58. The van der Waals surface area contributed by atoms with Crippen molar-refractivity contribution in [3.05, 3.63) is 85.1 Å². The van der Waals surface area contributed by atoms with Crippen LogP contribution in [0, 0.1) is 0 Å². The Balaban J connectivity index is 1.57. The van der Waals surface area contributed by atoms with Crippen LogP contribution in [0.3, 0.4) is 0 Å². The number of morpholine rings is 1. The van der Waals surface area contributed by atoms with Gasteiger partial charge in [-0.05, 0) is 48.5 Å². The molecule has 2 aromatic carbocycles.